The second-order valence-corrected chi connectivity index (χ2v) is 3.32. The molecule has 1 atom stereocenters. The number of ketones is 1. The van der Waals surface area contributed by atoms with Crippen molar-refractivity contribution in [3.8, 4) is 0 Å². The van der Waals surface area contributed by atoms with Crippen molar-refractivity contribution in [2.75, 3.05) is 20.6 Å². The smallest absolute Gasteiger partial charge is 0.135 e. The highest BCUT2D eigenvalue weighted by atomic mass is 16.1. The van der Waals surface area contributed by atoms with E-state index < -0.39 is 0 Å². The molecule has 0 saturated carbocycles. The Hall–Kier alpha value is -0.410. The van der Waals surface area contributed by atoms with Gasteiger partial charge in [0.25, 0.3) is 0 Å². The quantitative estimate of drug-likeness (QED) is 0.668. The van der Waals surface area contributed by atoms with Crippen LogP contribution in [0.3, 0.4) is 0 Å². The molecule has 0 aromatic heterocycles. The zero-order valence-electron chi connectivity index (χ0n) is 12.1. The molecule has 0 aliphatic rings. The van der Waals surface area contributed by atoms with Gasteiger partial charge in [-0.2, -0.15) is 0 Å². The van der Waals surface area contributed by atoms with E-state index >= 15 is 0 Å². The van der Waals surface area contributed by atoms with Gasteiger partial charge in [-0.3, -0.25) is 4.79 Å². The minimum atomic E-state index is 0. The van der Waals surface area contributed by atoms with Gasteiger partial charge >= 0.3 is 0 Å². The number of hydrogen-bond acceptors (Lipinski definition) is 3. The number of nitrogens with two attached hydrogens (primary N) is 1. The van der Waals surface area contributed by atoms with Crippen LogP contribution in [0.25, 0.3) is 0 Å². The fourth-order valence-corrected chi connectivity index (χ4v) is 1.26. The molecular formula is C13H36N2O. The summed E-state index contributed by atoms with van der Waals surface area (Å²) in [5.74, 6) is 0.673. The summed E-state index contributed by atoms with van der Waals surface area (Å²) >= 11 is 0. The maximum Gasteiger partial charge on any atom is 0.135 e. The molecule has 3 N–H and O–H groups in total. The molecule has 0 heterocycles. The van der Waals surface area contributed by atoms with E-state index in [4.69, 9.17) is 0 Å². The van der Waals surface area contributed by atoms with Gasteiger partial charge in [-0.1, -0.05) is 34.1 Å². The van der Waals surface area contributed by atoms with Crippen LogP contribution in [0.4, 0.5) is 0 Å². The van der Waals surface area contributed by atoms with Gasteiger partial charge < -0.3 is 11.1 Å². The third-order valence-corrected chi connectivity index (χ3v) is 2.21. The van der Waals surface area contributed by atoms with E-state index in [0.29, 0.717) is 12.2 Å². The average molecular weight is 236 g/mol. The molecule has 0 amide bonds. The number of carbonyl (C=O) groups is 1. The molecule has 0 rings (SSSR count). The van der Waals surface area contributed by atoms with Crippen LogP contribution in [0.1, 0.15) is 56.2 Å². The third-order valence-electron chi connectivity index (χ3n) is 2.21. The largest absolute Gasteiger partial charge is 0.333 e. The van der Waals surface area contributed by atoms with Crippen molar-refractivity contribution in [3.05, 3.63) is 0 Å². The molecule has 0 aliphatic carbocycles. The first kappa shape index (κ1) is 20.9. The topological polar surface area (TPSA) is 55.1 Å². The van der Waals surface area contributed by atoms with Crippen LogP contribution in [0, 0.1) is 5.92 Å². The predicted octanol–water partition coefficient (Wildman–Crippen LogP) is 3.08. The van der Waals surface area contributed by atoms with Crippen molar-refractivity contribution in [1.29, 1.82) is 0 Å². The zero-order valence-corrected chi connectivity index (χ0v) is 12.1. The predicted molar refractivity (Wildman–Crippen MR) is 77.9 cm³/mol. The second-order valence-electron chi connectivity index (χ2n) is 3.32. The fraction of sp³-hybridized carbons (Fsp3) is 0.923. The van der Waals surface area contributed by atoms with Gasteiger partial charge in [-0.15, -0.1) is 0 Å². The molecule has 0 bridgehead atoms. The van der Waals surface area contributed by atoms with E-state index in [0.717, 1.165) is 19.4 Å². The lowest BCUT2D eigenvalue weighted by Crippen LogP contribution is -2.11. The van der Waals surface area contributed by atoms with Crippen LogP contribution < -0.4 is 11.1 Å². The third kappa shape index (κ3) is 16.0. The molecule has 0 aromatic rings. The molecule has 1 unspecified atom stereocenters. The highest BCUT2D eigenvalue weighted by Gasteiger charge is 2.08. The van der Waals surface area contributed by atoms with Crippen LogP contribution in [0.2, 0.25) is 0 Å². The minimum absolute atomic E-state index is 0. The van der Waals surface area contributed by atoms with Crippen LogP contribution in [0.15, 0.2) is 0 Å². The number of unbranched alkanes of at least 4 members (excludes halogenated alkanes) is 1. The number of Topliss-reactive ketones (excluding diaryl/α,β-unsaturated/α-hetero) is 1. The molecule has 3 heteroatoms. The standard InChI is InChI=1S/C10H21NO.C2H6.CH5N.2H2/c1-4-10(12)9(2)7-5-6-8-11-3;2*1-2;;/h9,11H,4-8H2,1-3H3;1-2H3;2H2,1H3;2*1H. The van der Waals surface area contributed by atoms with Gasteiger partial charge in [0.2, 0.25) is 0 Å². The maximum absolute atomic E-state index is 11.2. The van der Waals surface area contributed by atoms with Crippen molar-refractivity contribution in [2.24, 2.45) is 11.7 Å². The van der Waals surface area contributed by atoms with Gasteiger partial charge in [-0.25, -0.2) is 0 Å². The summed E-state index contributed by atoms with van der Waals surface area (Å²) in [5.41, 5.74) is 4.50. The SMILES string of the molecule is CC.CCC(=O)C(C)CCCCNC.CN.[HH].[HH]. The molecule has 3 nitrogen and oxygen atoms in total. The van der Waals surface area contributed by atoms with Gasteiger partial charge in [-0.05, 0) is 33.5 Å². The second kappa shape index (κ2) is 20.1. The van der Waals surface area contributed by atoms with E-state index in [1.54, 1.807) is 0 Å². The lowest BCUT2D eigenvalue weighted by Gasteiger charge is -2.07. The lowest BCUT2D eigenvalue weighted by molar-refractivity contribution is -0.122. The molecular weight excluding hydrogens is 200 g/mol. The molecule has 0 spiro atoms. The van der Waals surface area contributed by atoms with Crippen LogP contribution in [-0.4, -0.2) is 26.4 Å². The molecule has 0 radical (unpaired) electrons. The maximum atomic E-state index is 11.2. The Labute approximate surface area is 105 Å². The van der Waals surface area contributed by atoms with E-state index in [2.05, 4.69) is 11.1 Å². The Balaban J connectivity index is -0.0000000849. The molecule has 0 aromatic carbocycles. The normalized spacial score (nSPS) is 10.4. The Morgan fingerprint density at radius 1 is 1.31 bits per heavy atom. The van der Waals surface area contributed by atoms with Crippen molar-refractivity contribution in [1.82, 2.24) is 5.32 Å². The molecule has 104 valence electrons. The first-order chi connectivity index (χ1) is 7.72. The highest BCUT2D eigenvalue weighted by Crippen LogP contribution is 2.09. The first-order valence-corrected chi connectivity index (χ1v) is 6.47. The van der Waals surface area contributed by atoms with Gasteiger partial charge in [0.05, 0.1) is 0 Å². The summed E-state index contributed by atoms with van der Waals surface area (Å²) in [6.45, 7) is 9.03. The van der Waals surface area contributed by atoms with E-state index in [1.807, 2.05) is 34.7 Å². The van der Waals surface area contributed by atoms with Crippen LogP contribution >= 0.6 is 0 Å². The lowest BCUT2D eigenvalue weighted by atomic mass is 9.98. The Bertz CT molecular complexity index is 136. The van der Waals surface area contributed by atoms with E-state index in [1.165, 1.54) is 13.5 Å². The van der Waals surface area contributed by atoms with Gasteiger partial charge in [0.15, 0.2) is 0 Å². The molecule has 0 aliphatic heterocycles. The molecule has 0 fully saturated rings. The van der Waals surface area contributed by atoms with Crippen molar-refractivity contribution < 1.29 is 7.65 Å². The molecule has 16 heavy (non-hydrogen) atoms. The van der Waals surface area contributed by atoms with Crippen LogP contribution in [-0.2, 0) is 4.79 Å². The summed E-state index contributed by atoms with van der Waals surface area (Å²) in [5, 5.41) is 3.10. The number of rotatable bonds is 7. The monoisotopic (exact) mass is 236 g/mol. The van der Waals surface area contributed by atoms with Crippen molar-refractivity contribution >= 4 is 5.78 Å². The van der Waals surface area contributed by atoms with Gasteiger partial charge in [0, 0.05) is 15.2 Å². The molecule has 0 saturated heterocycles. The van der Waals surface area contributed by atoms with E-state index in [9.17, 15) is 4.79 Å². The fourth-order valence-electron chi connectivity index (χ4n) is 1.26. The van der Waals surface area contributed by atoms with Crippen LogP contribution in [0.5, 0.6) is 0 Å². The summed E-state index contributed by atoms with van der Waals surface area (Å²) in [4.78, 5) is 11.2. The number of hydrogen-bond donors (Lipinski definition) is 2. The average Bonchev–Trinajstić information content (AvgIpc) is 2.38. The zero-order chi connectivity index (χ0) is 13.4. The minimum Gasteiger partial charge on any atom is -0.333 e. The Kier molecular flexibility index (Phi) is 26.2. The van der Waals surface area contributed by atoms with Crippen molar-refractivity contribution in [3.63, 3.8) is 0 Å². The van der Waals surface area contributed by atoms with Gasteiger partial charge in [0.1, 0.15) is 5.78 Å². The van der Waals surface area contributed by atoms with E-state index in [-0.39, 0.29) is 8.77 Å². The summed E-state index contributed by atoms with van der Waals surface area (Å²) in [7, 11) is 3.46. The Morgan fingerprint density at radius 3 is 2.19 bits per heavy atom. The summed E-state index contributed by atoms with van der Waals surface area (Å²) in [6.07, 6.45) is 4.08. The Morgan fingerprint density at radius 2 is 1.81 bits per heavy atom. The number of carbonyl (C=O) groups excluding carboxylic acids is 1. The number of nitrogens with one attached hydrogen (secondary N) is 1. The summed E-state index contributed by atoms with van der Waals surface area (Å²) in [6, 6.07) is 0. The first-order valence-electron chi connectivity index (χ1n) is 6.47. The summed E-state index contributed by atoms with van der Waals surface area (Å²) < 4.78 is 0. The van der Waals surface area contributed by atoms with Crippen molar-refractivity contribution in [2.45, 2.75) is 53.4 Å². The highest BCUT2D eigenvalue weighted by molar-refractivity contribution is 5.80.